The van der Waals surface area contributed by atoms with Gasteiger partial charge in [-0.1, -0.05) is 27.7 Å². The van der Waals surface area contributed by atoms with Crippen LogP contribution >= 0.6 is 0 Å². The van der Waals surface area contributed by atoms with Crippen LogP contribution in [0.2, 0.25) is 0 Å². The van der Waals surface area contributed by atoms with Crippen LogP contribution in [0.5, 0.6) is 0 Å². The highest BCUT2D eigenvalue weighted by Crippen LogP contribution is 2.33. The van der Waals surface area contributed by atoms with Crippen LogP contribution in [0.25, 0.3) is 0 Å². The lowest BCUT2D eigenvalue weighted by Gasteiger charge is -2.36. The Hall–Kier alpha value is -0.130. The van der Waals surface area contributed by atoms with Gasteiger partial charge in [-0.25, -0.2) is 12.7 Å². The van der Waals surface area contributed by atoms with Gasteiger partial charge >= 0.3 is 0 Å². The summed E-state index contributed by atoms with van der Waals surface area (Å²) in [4.78, 5) is 0. The smallest absolute Gasteiger partial charge is 0.211 e. The van der Waals surface area contributed by atoms with E-state index < -0.39 is 10.0 Å². The van der Waals surface area contributed by atoms with Crippen LogP contribution in [0.4, 0.5) is 0 Å². The van der Waals surface area contributed by atoms with Gasteiger partial charge < -0.3 is 5.32 Å². The highest BCUT2D eigenvalue weighted by Gasteiger charge is 2.30. The molecule has 1 N–H and O–H groups in total. The summed E-state index contributed by atoms with van der Waals surface area (Å²) in [5.74, 6) is 1.20. The third-order valence-electron chi connectivity index (χ3n) is 4.32. The number of nitrogens with zero attached hydrogens (tertiary/aromatic N) is 1. The lowest BCUT2D eigenvalue weighted by Crippen LogP contribution is -2.40. The minimum Gasteiger partial charge on any atom is -0.316 e. The van der Waals surface area contributed by atoms with E-state index in [1.165, 1.54) is 6.26 Å². The van der Waals surface area contributed by atoms with Crippen molar-refractivity contribution >= 4 is 10.0 Å². The molecule has 1 aliphatic heterocycles. The summed E-state index contributed by atoms with van der Waals surface area (Å²) < 4.78 is 25.0. The molecule has 0 amide bonds. The van der Waals surface area contributed by atoms with E-state index in [4.69, 9.17) is 0 Å². The average molecular weight is 319 g/mol. The Labute approximate surface area is 131 Å². The van der Waals surface area contributed by atoms with Crippen LogP contribution in [0.15, 0.2) is 0 Å². The first-order chi connectivity index (χ1) is 9.60. The molecular formula is C16H34N2O2S. The van der Waals surface area contributed by atoms with E-state index in [0.29, 0.717) is 24.9 Å². The average Bonchev–Trinajstić information content (AvgIpc) is 2.33. The first kappa shape index (κ1) is 18.9. The van der Waals surface area contributed by atoms with Crippen LogP contribution < -0.4 is 5.32 Å². The van der Waals surface area contributed by atoms with E-state index in [-0.39, 0.29) is 5.41 Å². The number of rotatable bonds is 8. The van der Waals surface area contributed by atoms with Crippen molar-refractivity contribution in [2.75, 3.05) is 32.4 Å². The molecule has 0 radical (unpaired) electrons. The van der Waals surface area contributed by atoms with E-state index in [1.54, 1.807) is 4.31 Å². The third-order valence-corrected chi connectivity index (χ3v) is 5.59. The predicted molar refractivity (Wildman–Crippen MR) is 89.9 cm³/mol. The standard InChI is InChI=1S/C16H34N2O2S/c1-14(2)12-17-9-8-16(3,4)11-15-7-6-10-18(13-15)21(5,19)20/h14-15,17H,6-13H2,1-5H3. The Bertz CT molecular complexity index is 405. The number of sulfonamides is 1. The zero-order valence-corrected chi connectivity index (χ0v) is 15.3. The molecule has 0 aromatic heterocycles. The quantitative estimate of drug-likeness (QED) is 0.700. The molecule has 21 heavy (non-hydrogen) atoms. The van der Waals surface area contributed by atoms with Gasteiger partial charge in [0, 0.05) is 13.1 Å². The van der Waals surface area contributed by atoms with E-state index in [0.717, 1.165) is 38.8 Å². The maximum atomic E-state index is 11.7. The van der Waals surface area contributed by atoms with Crippen molar-refractivity contribution in [2.45, 2.75) is 53.4 Å². The van der Waals surface area contributed by atoms with E-state index in [1.807, 2.05) is 0 Å². The molecule has 1 aliphatic rings. The van der Waals surface area contributed by atoms with Gasteiger partial charge in [0.15, 0.2) is 0 Å². The lowest BCUT2D eigenvalue weighted by molar-refractivity contribution is 0.180. The highest BCUT2D eigenvalue weighted by molar-refractivity contribution is 7.88. The van der Waals surface area contributed by atoms with Crippen molar-refractivity contribution in [2.24, 2.45) is 17.3 Å². The number of hydrogen-bond acceptors (Lipinski definition) is 3. The minimum atomic E-state index is -3.02. The Kier molecular flexibility index (Phi) is 7.14. The van der Waals surface area contributed by atoms with Crippen molar-refractivity contribution < 1.29 is 8.42 Å². The van der Waals surface area contributed by atoms with Crippen molar-refractivity contribution in [1.82, 2.24) is 9.62 Å². The monoisotopic (exact) mass is 318 g/mol. The first-order valence-electron chi connectivity index (χ1n) is 8.26. The molecule has 1 heterocycles. The minimum absolute atomic E-state index is 0.273. The molecule has 0 saturated carbocycles. The largest absolute Gasteiger partial charge is 0.316 e. The zero-order valence-electron chi connectivity index (χ0n) is 14.5. The van der Waals surface area contributed by atoms with Gasteiger partial charge in [0.05, 0.1) is 6.26 Å². The summed E-state index contributed by atoms with van der Waals surface area (Å²) in [6.07, 6.45) is 5.75. The van der Waals surface area contributed by atoms with Crippen LogP contribution in [0.3, 0.4) is 0 Å². The molecule has 0 bridgehead atoms. The van der Waals surface area contributed by atoms with Crippen LogP contribution in [0, 0.1) is 17.3 Å². The van der Waals surface area contributed by atoms with Gasteiger partial charge in [0.25, 0.3) is 0 Å². The molecule has 1 rings (SSSR count). The van der Waals surface area contributed by atoms with Gasteiger partial charge in [0.1, 0.15) is 0 Å². The fraction of sp³-hybridized carbons (Fsp3) is 1.00. The SMILES string of the molecule is CC(C)CNCCC(C)(C)CC1CCCN(S(C)(=O)=O)C1. The van der Waals surface area contributed by atoms with Crippen molar-refractivity contribution in [3.63, 3.8) is 0 Å². The van der Waals surface area contributed by atoms with Crippen LogP contribution in [-0.4, -0.2) is 45.2 Å². The van der Waals surface area contributed by atoms with Crippen LogP contribution in [-0.2, 0) is 10.0 Å². The Morgan fingerprint density at radius 1 is 1.33 bits per heavy atom. The molecular weight excluding hydrogens is 284 g/mol. The number of piperidine rings is 1. The molecule has 0 aliphatic carbocycles. The maximum Gasteiger partial charge on any atom is 0.211 e. The fourth-order valence-electron chi connectivity index (χ4n) is 3.20. The van der Waals surface area contributed by atoms with Crippen molar-refractivity contribution in [3.8, 4) is 0 Å². The van der Waals surface area contributed by atoms with Crippen LogP contribution in [0.1, 0.15) is 53.4 Å². The molecule has 5 heteroatoms. The molecule has 1 unspecified atom stereocenters. The van der Waals surface area contributed by atoms with Gasteiger partial charge in [-0.3, -0.25) is 0 Å². The van der Waals surface area contributed by atoms with E-state index >= 15 is 0 Å². The molecule has 1 atom stereocenters. The molecule has 1 fully saturated rings. The first-order valence-corrected chi connectivity index (χ1v) is 10.1. The van der Waals surface area contributed by atoms with Gasteiger partial charge in [0.2, 0.25) is 10.0 Å². The Balaban J connectivity index is 2.39. The van der Waals surface area contributed by atoms with Crippen molar-refractivity contribution in [3.05, 3.63) is 0 Å². The van der Waals surface area contributed by atoms with Gasteiger partial charge in [-0.05, 0) is 56.0 Å². The zero-order chi connectivity index (χ0) is 16.1. The maximum absolute atomic E-state index is 11.7. The van der Waals surface area contributed by atoms with E-state index in [2.05, 4.69) is 33.0 Å². The summed E-state index contributed by atoms with van der Waals surface area (Å²) in [7, 11) is -3.02. The second-order valence-corrected chi connectivity index (χ2v) is 9.83. The number of hydrogen-bond donors (Lipinski definition) is 1. The predicted octanol–water partition coefficient (Wildman–Crippen LogP) is 2.71. The molecule has 126 valence electrons. The van der Waals surface area contributed by atoms with E-state index in [9.17, 15) is 8.42 Å². The second kappa shape index (κ2) is 7.93. The van der Waals surface area contributed by atoms with Crippen molar-refractivity contribution in [1.29, 1.82) is 0 Å². The Morgan fingerprint density at radius 3 is 2.57 bits per heavy atom. The second-order valence-electron chi connectivity index (χ2n) is 7.85. The topological polar surface area (TPSA) is 49.4 Å². The summed E-state index contributed by atoms with van der Waals surface area (Å²) in [6, 6.07) is 0. The summed E-state index contributed by atoms with van der Waals surface area (Å²) in [5, 5.41) is 3.50. The highest BCUT2D eigenvalue weighted by atomic mass is 32.2. The molecule has 1 saturated heterocycles. The van der Waals surface area contributed by atoms with Gasteiger partial charge in [-0.2, -0.15) is 0 Å². The number of nitrogens with one attached hydrogen (secondary N) is 1. The van der Waals surface area contributed by atoms with Gasteiger partial charge in [-0.15, -0.1) is 0 Å². The Morgan fingerprint density at radius 2 is 2.00 bits per heavy atom. The lowest BCUT2D eigenvalue weighted by atomic mass is 9.78. The summed E-state index contributed by atoms with van der Waals surface area (Å²) >= 11 is 0. The fourth-order valence-corrected chi connectivity index (χ4v) is 4.14. The molecule has 0 aromatic rings. The molecule has 4 nitrogen and oxygen atoms in total. The molecule has 0 aromatic carbocycles. The summed E-state index contributed by atoms with van der Waals surface area (Å²) in [5.41, 5.74) is 0.273. The normalized spacial score (nSPS) is 21.9. The third kappa shape index (κ3) is 7.61. The molecule has 0 spiro atoms. The summed E-state index contributed by atoms with van der Waals surface area (Å²) in [6.45, 7) is 12.6.